The minimum Gasteiger partial charge on any atom is -0.301 e. The zero-order valence-electron chi connectivity index (χ0n) is 12.1. The first-order chi connectivity index (χ1) is 8.36. The van der Waals surface area contributed by atoms with E-state index in [2.05, 4.69) is 23.6 Å². The van der Waals surface area contributed by atoms with Crippen LogP contribution in [0.4, 0.5) is 0 Å². The van der Waals surface area contributed by atoms with Crippen molar-refractivity contribution in [2.24, 2.45) is 0 Å². The van der Waals surface area contributed by atoms with Gasteiger partial charge in [-0.15, -0.1) is 0 Å². The van der Waals surface area contributed by atoms with Crippen LogP contribution in [0, 0.1) is 0 Å². The Hall–Kier alpha value is -0.0800. The van der Waals surface area contributed by atoms with Crippen LogP contribution in [0.2, 0.25) is 0 Å². The summed E-state index contributed by atoms with van der Waals surface area (Å²) in [6, 6.07) is 0. The lowest BCUT2D eigenvalue weighted by Crippen LogP contribution is -2.46. The van der Waals surface area contributed by atoms with Crippen molar-refractivity contribution in [1.82, 2.24) is 9.80 Å². The van der Waals surface area contributed by atoms with Gasteiger partial charge in [0.05, 0.1) is 0 Å². The molecule has 1 saturated heterocycles. The highest BCUT2D eigenvalue weighted by Crippen LogP contribution is 2.07. The van der Waals surface area contributed by atoms with E-state index >= 15 is 0 Å². The van der Waals surface area contributed by atoms with Gasteiger partial charge in [0, 0.05) is 26.2 Å². The number of unbranched alkanes of at least 4 members (excludes halogenated alkanes) is 5. The van der Waals surface area contributed by atoms with E-state index in [1.54, 1.807) is 0 Å². The summed E-state index contributed by atoms with van der Waals surface area (Å²) >= 11 is 0. The highest BCUT2D eigenvalue weighted by atomic mass is 15.3. The molecule has 0 saturated carbocycles. The maximum Gasteiger partial charge on any atom is 0.0110 e. The summed E-state index contributed by atoms with van der Waals surface area (Å²) in [5.74, 6) is 0. The van der Waals surface area contributed by atoms with Gasteiger partial charge in [0.2, 0.25) is 0 Å². The van der Waals surface area contributed by atoms with Gasteiger partial charge in [-0.05, 0) is 25.9 Å². The highest BCUT2D eigenvalue weighted by molar-refractivity contribution is 4.71. The van der Waals surface area contributed by atoms with Gasteiger partial charge in [-0.3, -0.25) is 0 Å². The molecule has 0 amide bonds. The molecule has 0 bridgehead atoms. The van der Waals surface area contributed by atoms with E-state index < -0.39 is 0 Å². The Kier molecular flexibility index (Phi) is 8.72. The first-order valence-corrected chi connectivity index (χ1v) is 7.81. The van der Waals surface area contributed by atoms with Crippen molar-refractivity contribution in [2.45, 2.75) is 58.8 Å². The third kappa shape index (κ3) is 7.05. The fourth-order valence-electron chi connectivity index (χ4n) is 2.58. The average molecular weight is 240 g/mol. The fraction of sp³-hybridized carbons (Fsp3) is 1.00. The van der Waals surface area contributed by atoms with Gasteiger partial charge in [0.1, 0.15) is 0 Å². The minimum atomic E-state index is 1.30. The molecule has 1 aliphatic heterocycles. The second-order valence-corrected chi connectivity index (χ2v) is 5.45. The summed E-state index contributed by atoms with van der Waals surface area (Å²) in [4.78, 5) is 5.31. The van der Waals surface area contributed by atoms with E-state index in [0.717, 1.165) is 0 Å². The van der Waals surface area contributed by atoms with Crippen LogP contribution < -0.4 is 0 Å². The molecule has 0 unspecified atom stereocenters. The lowest BCUT2D eigenvalue weighted by molar-refractivity contribution is 0.129. The largest absolute Gasteiger partial charge is 0.301 e. The predicted molar refractivity (Wildman–Crippen MR) is 76.5 cm³/mol. The molecular formula is C15H32N2. The van der Waals surface area contributed by atoms with Crippen LogP contribution in [0.15, 0.2) is 0 Å². The van der Waals surface area contributed by atoms with E-state index in [9.17, 15) is 0 Å². The molecule has 0 aliphatic carbocycles. The van der Waals surface area contributed by atoms with Gasteiger partial charge in [0.15, 0.2) is 0 Å². The molecule has 1 fully saturated rings. The Morgan fingerprint density at radius 2 is 1.00 bits per heavy atom. The summed E-state index contributed by atoms with van der Waals surface area (Å²) in [5, 5.41) is 0. The topological polar surface area (TPSA) is 6.48 Å². The molecule has 0 spiro atoms. The van der Waals surface area contributed by atoms with Crippen molar-refractivity contribution in [3.8, 4) is 0 Å². The van der Waals surface area contributed by atoms with Gasteiger partial charge in [-0.1, -0.05) is 46.0 Å². The van der Waals surface area contributed by atoms with Crippen molar-refractivity contribution in [1.29, 1.82) is 0 Å². The van der Waals surface area contributed by atoms with Crippen LogP contribution in [0.25, 0.3) is 0 Å². The Bertz CT molecular complexity index is 162. The number of nitrogens with zero attached hydrogens (tertiary/aromatic N) is 2. The molecule has 0 aromatic carbocycles. The number of hydrogen-bond donors (Lipinski definition) is 0. The van der Waals surface area contributed by atoms with Crippen LogP contribution in [0.1, 0.15) is 58.8 Å². The van der Waals surface area contributed by atoms with Crippen LogP contribution in [-0.2, 0) is 0 Å². The van der Waals surface area contributed by atoms with Crippen LogP contribution >= 0.6 is 0 Å². The smallest absolute Gasteiger partial charge is 0.0110 e. The molecule has 0 atom stereocenters. The summed E-state index contributed by atoms with van der Waals surface area (Å²) < 4.78 is 0. The second kappa shape index (κ2) is 9.90. The van der Waals surface area contributed by atoms with E-state index in [1.807, 2.05) is 0 Å². The molecule has 0 radical (unpaired) electrons. The van der Waals surface area contributed by atoms with Crippen LogP contribution in [-0.4, -0.2) is 49.1 Å². The molecule has 1 rings (SSSR count). The Morgan fingerprint density at radius 1 is 0.588 bits per heavy atom. The summed E-state index contributed by atoms with van der Waals surface area (Å²) in [5.41, 5.74) is 0. The third-order valence-corrected chi connectivity index (χ3v) is 3.87. The third-order valence-electron chi connectivity index (χ3n) is 3.87. The molecule has 1 aliphatic rings. The maximum atomic E-state index is 2.66. The van der Waals surface area contributed by atoms with Crippen molar-refractivity contribution in [3.05, 3.63) is 0 Å². The molecule has 102 valence electrons. The molecule has 0 aromatic heterocycles. The van der Waals surface area contributed by atoms with Crippen molar-refractivity contribution >= 4 is 0 Å². The monoisotopic (exact) mass is 240 g/mol. The Balaban J connectivity index is 1.97. The van der Waals surface area contributed by atoms with E-state index in [1.165, 1.54) is 84.2 Å². The normalized spacial score (nSPS) is 18.7. The van der Waals surface area contributed by atoms with Crippen LogP contribution in [0.3, 0.4) is 0 Å². The second-order valence-electron chi connectivity index (χ2n) is 5.45. The highest BCUT2D eigenvalue weighted by Gasteiger charge is 2.15. The fourth-order valence-corrected chi connectivity index (χ4v) is 2.58. The SMILES string of the molecule is CCCCCCN1CCN(CCCCC)CC1. The molecule has 17 heavy (non-hydrogen) atoms. The maximum absolute atomic E-state index is 2.66. The number of piperazine rings is 1. The summed E-state index contributed by atoms with van der Waals surface area (Å²) in [6.07, 6.45) is 9.74. The van der Waals surface area contributed by atoms with Crippen molar-refractivity contribution in [2.75, 3.05) is 39.3 Å². The predicted octanol–water partition coefficient (Wildman–Crippen LogP) is 3.37. The zero-order valence-corrected chi connectivity index (χ0v) is 12.1. The molecule has 0 aromatic rings. The molecule has 1 heterocycles. The van der Waals surface area contributed by atoms with Gasteiger partial charge in [-0.2, -0.15) is 0 Å². The Morgan fingerprint density at radius 3 is 1.47 bits per heavy atom. The molecule has 2 nitrogen and oxygen atoms in total. The van der Waals surface area contributed by atoms with Crippen molar-refractivity contribution in [3.63, 3.8) is 0 Å². The van der Waals surface area contributed by atoms with Gasteiger partial charge < -0.3 is 9.80 Å². The first kappa shape index (κ1) is 15.0. The zero-order chi connectivity index (χ0) is 12.3. The molecule has 0 N–H and O–H groups in total. The lowest BCUT2D eigenvalue weighted by Gasteiger charge is -2.34. The first-order valence-electron chi connectivity index (χ1n) is 7.81. The Labute approximate surface area is 108 Å². The van der Waals surface area contributed by atoms with Crippen LogP contribution in [0.5, 0.6) is 0 Å². The van der Waals surface area contributed by atoms with Gasteiger partial charge in [-0.25, -0.2) is 0 Å². The lowest BCUT2D eigenvalue weighted by atomic mass is 10.2. The summed E-state index contributed by atoms with van der Waals surface area (Å²) in [7, 11) is 0. The summed E-state index contributed by atoms with van der Waals surface area (Å²) in [6.45, 7) is 12.5. The minimum absolute atomic E-state index is 1.30. The average Bonchev–Trinajstić information content (AvgIpc) is 2.37. The molecular weight excluding hydrogens is 208 g/mol. The van der Waals surface area contributed by atoms with E-state index in [-0.39, 0.29) is 0 Å². The van der Waals surface area contributed by atoms with E-state index in [0.29, 0.717) is 0 Å². The number of hydrogen-bond acceptors (Lipinski definition) is 2. The molecule has 2 heteroatoms. The quantitative estimate of drug-likeness (QED) is 0.570. The van der Waals surface area contributed by atoms with E-state index in [4.69, 9.17) is 0 Å². The van der Waals surface area contributed by atoms with Gasteiger partial charge >= 0.3 is 0 Å². The number of rotatable bonds is 9. The standard InChI is InChI=1S/C15H32N2/c1-3-5-7-9-11-17-14-12-16(13-15-17)10-8-6-4-2/h3-15H2,1-2H3. The van der Waals surface area contributed by atoms with Gasteiger partial charge in [0.25, 0.3) is 0 Å². The van der Waals surface area contributed by atoms with Crippen molar-refractivity contribution < 1.29 is 0 Å².